The molecule has 1 N–H and O–H groups in total. The molecular formula is C17H22N2O. The molecule has 0 saturated carbocycles. The molecule has 1 heterocycles. The van der Waals surface area contributed by atoms with Crippen LogP contribution in [0, 0.1) is 13.8 Å². The maximum Gasteiger partial charge on any atom is 0.122 e. The van der Waals surface area contributed by atoms with E-state index in [9.17, 15) is 0 Å². The fourth-order valence-corrected chi connectivity index (χ4v) is 2.36. The molecule has 0 fully saturated rings. The minimum absolute atomic E-state index is 0.235. The molecule has 2 aromatic rings. The predicted octanol–water partition coefficient (Wildman–Crippen LogP) is 3.21. The first kappa shape index (κ1) is 14.5. The maximum atomic E-state index is 5.46. The molecule has 0 radical (unpaired) electrons. The summed E-state index contributed by atoms with van der Waals surface area (Å²) in [6.45, 7) is 4.10. The zero-order chi connectivity index (χ0) is 14.5. The van der Waals surface area contributed by atoms with E-state index in [4.69, 9.17) is 4.74 Å². The number of rotatable bonds is 5. The van der Waals surface area contributed by atoms with Crippen molar-refractivity contribution in [3.8, 4) is 5.75 Å². The lowest BCUT2D eigenvalue weighted by Gasteiger charge is -2.18. The smallest absolute Gasteiger partial charge is 0.122 e. The Bertz CT molecular complexity index is 564. The highest BCUT2D eigenvalue weighted by molar-refractivity contribution is 5.38. The standard InChI is InChI=1S/C17H22N2O/c1-12-5-8-17(20-4)15(9-12)10-16(18-3)14-7-6-13(2)19-11-14/h5-9,11,16,18H,10H2,1-4H3. The quantitative estimate of drug-likeness (QED) is 0.906. The van der Waals surface area contributed by atoms with E-state index in [1.807, 2.05) is 32.3 Å². The van der Waals surface area contributed by atoms with Gasteiger partial charge in [0.1, 0.15) is 5.75 Å². The molecular weight excluding hydrogens is 248 g/mol. The monoisotopic (exact) mass is 270 g/mol. The third-order valence-corrected chi connectivity index (χ3v) is 3.55. The van der Waals surface area contributed by atoms with Gasteiger partial charge in [0.05, 0.1) is 7.11 Å². The number of hydrogen-bond donors (Lipinski definition) is 1. The molecule has 1 unspecified atom stereocenters. The van der Waals surface area contributed by atoms with Crippen LogP contribution in [0.1, 0.15) is 28.4 Å². The lowest BCUT2D eigenvalue weighted by molar-refractivity contribution is 0.406. The number of aromatic nitrogens is 1. The predicted molar refractivity (Wildman–Crippen MR) is 82.2 cm³/mol. The van der Waals surface area contributed by atoms with Crippen molar-refractivity contribution in [3.63, 3.8) is 0 Å². The summed E-state index contributed by atoms with van der Waals surface area (Å²) in [5, 5.41) is 3.36. The zero-order valence-corrected chi connectivity index (χ0v) is 12.6. The summed E-state index contributed by atoms with van der Waals surface area (Å²) in [5.74, 6) is 0.941. The molecule has 1 atom stereocenters. The number of benzene rings is 1. The van der Waals surface area contributed by atoms with Crippen molar-refractivity contribution < 1.29 is 4.74 Å². The Balaban J connectivity index is 2.26. The molecule has 0 aliphatic heterocycles. The number of likely N-dealkylation sites (N-methyl/N-ethyl adjacent to an activating group) is 1. The Kier molecular flexibility index (Phi) is 4.74. The highest BCUT2D eigenvalue weighted by atomic mass is 16.5. The Morgan fingerprint density at radius 1 is 1.20 bits per heavy atom. The molecule has 106 valence electrons. The van der Waals surface area contributed by atoms with Gasteiger partial charge in [-0.05, 0) is 50.6 Å². The third kappa shape index (κ3) is 3.36. The van der Waals surface area contributed by atoms with Crippen LogP contribution in [0.25, 0.3) is 0 Å². The molecule has 0 saturated heterocycles. The normalized spacial score (nSPS) is 12.2. The second-order valence-corrected chi connectivity index (χ2v) is 5.09. The van der Waals surface area contributed by atoms with E-state index < -0.39 is 0 Å². The lowest BCUT2D eigenvalue weighted by Crippen LogP contribution is -2.19. The van der Waals surface area contributed by atoms with Crippen LogP contribution in [0.3, 0.4) is 0 Å². The summed E-state index contributed by atoms with van der Waals surface area (Å²) in [7, 11) is 3.70. The fraction of sp³-hybridized carbons (Fsp3) is 0.353. The van der Waals surface area contributed by atoms with Crippen molar-refractivity contribution in [2.75, 3.05) is 14.2 Å². The van der Waals surface area contributed by atoms with Crippen LogP contribution < -0.4 is 10.1 Å². The minimum Gasteiger partial charge on any atom is -0.496 e. The fourth-order valence-electron chi connectivity index (χ4n) is 2.36. The average Bonchev–Trinajstić information content (AvgIpc) is 2.46. The molecule has 0 aliphatic carbocycles. The summed E-state index contributed by atoms with van der Waals surface area (Å²) >= 11 is 0. The van der Waals surface area contributed by atoms with E-state index in [2.05, 4.69) is 35.4 Å². The van der Waals surface area contributed by atoms with Gasteiger partial charge in [-0.1, -0.05) is 23.8 Å². The van der Waals surface area contributed by atoms with Crippen LogP contribution in [0.5, 0.6) is 5.75 Å². The largest absolute Gasteiger partial charge is 0.496 e. The average molecular weight is 270 g/mol. The number of methoxy groups -OCH3 is 1. The molecule has 3 nitrogen and oxygen atoms in total. The van der Waals surface area contributed by atoms with Crippen molar-refractivity contribution in [1.29, 1.82) is 0 Å². The number of nitrogens with one attached hydrogen (secondary N) is 1. The van der Waals surface area contributed by atoms with Gasteiger partial charge < -0.3 is 10.1 Å². The first-order chi connectivity index (χ1) is 9.63. The van der Waals surface area contributed by atoms with Gasteiger partial charge in [0.25, 0.3) is 0 Å². The summed E-state index contributed by atoms with van der Waals surface area (Å²) in [5.41, 5.74) is 4.70. The molecule has 1 aromatic heterocycles. The van der Waals surface area contributed by atoms with E-state index in [0.29, 0.717) is 0 Å². The van der Waals surface area contributed by atoms with Gasteiger partial charge in [0, 0.05) is 17.9 Å². The zero-order valence-electron chi connectivity index (χ0n) is 12.6. The van der Waals surface area contributed by atoms with E-state index >= 15 is 0 Å². The summed E-state index contributed by atoms with van der Waals surface area (Å²) in [4.78, 5) is 4.38. The minimum atomic E-state index is 0.235. The first-order valence-corrected chi connectivity index (χ1v) is 6.87. The van der Waals surface area contributed by atoms with Gasteiger partial charge in [-0.3, -0.25) is 4.98 Å². The summed E-state index contributed by atoms with van der Waals surface area (Å²) in [6.07, 6.45) is 2.82. The van der Waals surface area contributed by atoms with Gasteiger partial charge in [-0.25, -0.2) is 0 Å². The number of aryl methyl sites for hydroxylation is 2. The SMILES string of the molecule is CNC(Cc1cc(C)ccc1OC)c1ccc(C)nc1. The van der Waals surface area contributed by atoms with Gasteiger partial charge in [-0.15, -0.1) is 0 Å². The molecule has 0 spiro atoms. The van der Waals surface area contributed by atoms with Gasteiger partial charge in [-0.2, -0.15) is 0 Å². The third-order valence-electron chi connectivity index (χ3n) is 3.55. The molecule has 3 heteroatoms. The Hall–Kier alpha value is -1.87. The number of pyridine rings is 1. The number of hydrogen-bond acceptors (Lipinski definition) is 3. The Labute approximate surface area is 121 Å². The Morgan fingerprint density at radius 2 is 2.00 bits per heavy atom. The highest BCUT2D eigenvalue weighted by Gasteiger charge is 2.13. The second-order valence-electron chi connectivity index (χ2n) is 5.09. The van der Waals surface area contributed by atoms with E-state index in [0.717, 1.165) is 17.9 Å². The molecule has 20 heavy (non-hydrogen) atoms. The molecule has 2 rings (SSSR count). The van der Waals surface area contributed by atoms with E-state index in [1.165, 1.54) is 16.7 Å². The van der Waals surface area contributed by atoms with E-state index in [-0.39, 0.29) is 6.04 Å². The van der Waals surface area contributed by atoms with Crippen LogP contribution in [-0.2, 0) is 6.42 Å². The highest BCUT2D eigenvalue weighted by Crippen LogP contribution is 2.25. The van der Waals surface area contributed by atoms with Crippen molar-refractivity contribution in [2.24, 2.45) is 0 Å². The van der Waals surface area contributed by atoms with Crippen molar-refractivity contribution in [3.05, 3.63) is 58.9 Å². The van der Waals surface area contributed by atoms with Gasteiger partial charge >= 0.3 is 0 Å². The maximum absolute atomic E-state index is 5.46. The number of nitrogens with zero attached hydrogens (tertiary/aromatic N) is 1. The number of ether oxygens (including phenoxy) is 1. The van der Waals surface area contributed by atoms with Crippen LogP contribution in [0.4, 0.5) is 0 Å². The molecule has 0 amide bonds. The first-order valence-electron chi connectivity index (χ1n) is 6.87. The van der Waals surface area contributed by atoms with Crippen molar-refractivity contribution in [1.82, 2.24) is 10.3 Å². The van der Waals surface area contributed by atoms with Crippen LogP contribution in [-0.4, -0.2) is 19.1 Å². The van der Waals surface area contributed by atoms with Crippen molar-refractivity contribution >= 4 is 0 Å². The molecule has 0 aliphatic rings. The summed E-state index contributed by atoms with van der Waals surface area (Å²) in [6, 6.07) is 10.7. The second kappa shape index (κ2) is 6.53. The van der Waals surface area contributed by atoms with Crippen LogP contribution in [0.2, 0.25) is 0 Å². The molecule has 0 bridgehead atoms. The van der Waals surface area contributed by atoms with Crippen LogP contribution >= 0.6 is 0 Å². The Morgan fingerprint density at radius 3 is 2.60 bits per heavy atom. The molecule has 1 aromatic carbocycles. The topological polar surface area (TPSA) is 34.1 Å². The van der Waals surface area contributed by atoms with Gasteiger partial charge in [0.2, 0.25) is 0 Å². The van der Waals surface area contributed by atoms with E-state index in [1.54, 1.807) is 7.11 Å². The summed E-state index contributed by atoms with van der Waals surface area (Å²) < 4.78 is 5.46. The van der Waals surface area contributed by atoms with Gasteiger partial charge in [0.15, 0.2) is 0 Å². The van der Waals surface area contributed by atoms with Crippen molar-refractivity contribution in [2.45, 2.75) is 26.3 Å². The lowest BCUT2D eigenvalue weighted by atomic mass is 9.98. The van der Waals surface area contributed by atoms with Crippen LogP contribution in [0.15, 0.2) is 36.5 Å².